The molecule has 0 saturated carbocycles. The third kappa shape index (κ3) is 3.56. The fraction of sp³-hybridized carbons (Fsp3) is 0.214. The van der Waals surface area contributed by atoms with E-state index in [0.29, 0.717) is 0 Å². The van der Waals surface area contributed by atoms with Crippen LogP contribution in [-0.2, 0) is 13.1 Å². The van der Waals surface area contributed by atoms with Gasteiger partial charge >= 0.3 is 0 Å². The Balaban J connectivity index is 1.63. The summed E-state index contributed by atoms with van der Waals surface area (Å²) in [4.78, 5) is 8.38. The van der Waals surface area contributed by atoms with Gasteiger partial charge in [0.05, 0.1) is 9.48 Å². The van der Waals surface area contributed by atoms with Gasteiger partial charge in [-0.25, -0.2) is 4.98 Å². The SMILES string of the molecule is CN(Cc1csc(-c2ccsc2)n1)Cc1ccc(Br)s1. The van der Waals surface area contributed by atoms with Crippen LogP contribution in [0, 0.1) is 0 Å². The molecule has 104 valence electrons. The van der Waals surface area contributed by atoms with Gasteiger partial charge in [0, 0.05) is 34.3 Å². The van der Waals surface area contributed by atoms with Crippen molar-refractivity contribution in [1.29, 1.82) is 0 Å². The molecule has 0 aliphatic heterocycles. The monoisotopic (exact) mass is 384 g/mol. The van der Waals surface area contributed by atoms with Gasteiger partial charge in [0.15, 0.2) is 0 Å². The van der Waals surface area contributed by atoms with Gasteiger partial charge < -0.3 is 0 Å². The summed E-state index contributed by atoms with van der Waals surface area (Å²) in [5.41, 5.74) is 2.38. The second-order valence-electron chi connectivity index (χ2n) is 4.53. The van der Waals surface area contributed by atoms with Crippen molar-refractivity contribution in [3.05, 3.63) is 48.7 Å². The van der Waals surface area contributed by atoms with E-state index in [0.717, 1.165) is 23.8 Å². The van der Waals surface area contributed by atoms with Crippen LogP contribution in [0.1, 0.15) is 10.6 Å². The smallest absolute Gasteiger partial charge is 0.124 e. The summed E-state index contributed by atoms with van der Waals surface area (Å²) in [5.74, 6) is 0. The summed E-state index contributed by atoms with van der Waals surface area (Å²) in [6, 6.07) is 6.40. The van der Waals surface area contributed by atoms with Crippen molar-refractivity contribution in [2.24, 2.45) is 0 Å². The highest BCUT2D eigenvalue weighted by atomic mass is 79.9. The molecule has 0 fully saturated rings. The highest BCUT2D eigenvalue weighted by molar-refractivity contribution is 9.11. The molecule has 3 aromatic rings. The van der Waals surface area contributed by atoms with Crippen molar-refractivity contribution in [3.63, 3.8) is 0 Å². The van der Waals surface area contributed by atoms with Crippen LogP contribution in [0.2, 0.25) is 0 Å². The molecule has 0 N–H and O–H groups in total. The summed E-state index contributed by atoms with van der Waals surface area (Å²) >= 11 is 8.73. The molecule has 3 rings (SSSR count). The zero-order chi connectivity index (χ0) is 13.9. The second-order valence-corrected chi connectivity index (χ2v) is 8.72. The lowest BCUT2D eigenvalue weighted by Crippen LogP contribution is -2.16. The molecule has 0 spiro atoms. The third-order valence-corrected chi connectivity index (χ3v) is 6.04. The van der Waals surface area contributed by atoms with Crippen LogP contribution in [-0.4, -0.2) is 16.9 Å². The largest absolute Gasteiger partial charge is 0.295 e. The first-order chi connectivity index (χ1) is 9.70. The fourth-order valence-electron chi connectivity index (χ4n) is 1.93. The number of hydrogen-bond donors (Lipinski definition) is 0. The maximum Gasteiger partial charge on any atom is 0.124 e. The van der Waals surface area contributed by atoms with Crippen LogP contribution in [0.3, 0.4) is 0 Å². The molecule has 2 nitrogen and oxygen atoms in total. The van der Waals surface area contributed by atoms with Crippen LogP contribution in [0.25, 0.3) is 10.6 Å². The molecule has 0 radical (unpaired) electrons. The van der Waals surface area contributed by atoms with Crippen LogP contribution in [0.15, 0.2) is 38.1 Å². The molecule has 0 aliphatic carbocycles. The quantitative estimate of drug-likeness (QED) is 0.590. The Bertz CT molecular complexity index is 672. The molecule has 6 heteroatoms. The normalized spacial score (nSPS) is 11.3. The molecular formula is C14H13BrN2S3. The van der Waals surface area contributed by atoms with E-state index in [2.05, 4.69) is 62.2 Å². The second kappa shape index (κ2) is 6.49. The number of halogens is 1. The average molecular weight is 385 g/mol. The van der Waals surface area contributed by atoms with Crippen molar-refractivity contribution in [2.45, 2.75) is 13.1 Å². The molecule has 0 aromatic carbocycles. The van der Waals surface area contributed by atoms with Crippen LogP contribution < -0.4 is 0 Å². The number of nitrogens with zero attached hydrogens (tertiary/aromatic N) is 2. The molecule has 0 aliphatic rings. The van der Waals surface area contributed by atoms with Gasteiger partial charge in [0.25, 0.3) is 0 Å². The lowest BCUT2D eigenvalue weighted by Gasteiger charge is -2.13. The van der Waals surface area contributed by atoms with Gasteiger partial charge in [-0.15, -0.1) is 22.7 Å². The molecule has 3 heterocycles. The lowest BCUT2D eigenvalue weighted by molar-refractivity contribution is 0.319. The predicted octanol–water partition coefficient (Wildman–Crippen LogP) is 5.33. The van der Waals surface area contributed by atoms with E-state index in [-0.39, 0.29) is 0 Å². The number of rotatable bonds is 5. The maximum absolute atomic E-state index is 4.72. The van der Waals surface area contributed by atoms with E-state index in [9.17, 15) is 0 Å². The summed E-state index contributed by atoms with van der Waals surface area (Å²) in [6.45, 7) is 1.84. The first-order valence-electron chi connectivity index (χ1n) is 6.10. The van der Waals surface area contributed by atoms with E-state index in [4.69, 9.17) is 4.98 Å². The van der Waals surface area contributed by atoms with E-state index in [1.54, 1.807) is 34.0 Å². The maximum atomic E-state index is 4.72. The lowest BCUT2D eigenvalue weighted by atomic mass is 10.3. The Morgan fingerprint density at radius 3 is 2.80 bits per heavy atom. The van der Waals surface area contributed by atoms with Crippen LogP contribution >= 0.6 is 49.9 Å². The molecular weight excluding hydrogens is 372 g/mol. The Morgan fingerprint density at radius 2 is 2.10 bits per heavy atom. The van der Waals surface area contributed by atoms with E-state index < -0.39 is 0 Å². The van der Waals surface area contributed by atoms with E-state index in [1.165, 1.54) is 14.2 Å². The molecule has 0 saturated heterocycles. The Kier molecular flexibility index (Phi) is 4.68. The fourth-order valence-corrected chi connectivity index (χ4v) is 5.02. The molecule has 0 unspecified atom stereocenters. The highest BCUT2D eigenvalue weighted by Crippen LogP contribution is 2.27. The summed E-state index contributed by atoms with van der Waals surface area (Å²) in [7, 11) is 2.14. The minimum absolute atomic E-state index is 0.885. The number of aromatic nitrogens is 1. The molecule has 3 aromatic heterocycles. The molecule has 0 amide bonds. The van der Waals surface area contributed by atoms with Gasteiger partial charge in [-0.05, 0) is 46.6 Å². The minimum atomic E-state index is 0.885. The first kappa shape index (κ1) is 14.4. The van der Waals surface area contributed by atoms with E-state index >= 15 is 0 Å². The van der Waals surface area contributed by atoms with Crippen molar-refractivity contribution in [2.75, 3.05) is 7.05 Å². The number of thiophene rings is 2. The van der Waals surface area contributed by atoms with Gasteiger partial charge in [-0.3, -0.25) is 4.90 Å². The zero-order valence-corrected chi connectivity index (χ0v) is 14.9. The van der Waals surface area contributed by atoms with Crippen molar-refractivity contribution >= 4 is 49.9 Å². The summed E-state index contributed by atoms with van der Waals surface area (Å²) in [5, 5.41) is 7.52. The standard InChI is InChI=1S/C14H13BrN2S3/c1-17(7-12-2-3-13(15)20-12)6-11-9-19-14(16-11)10-4-5-18-8-10/h2-5,8-9H,6-7H2,1H3. The van der Waals surface area contributed by atoms with Gasteiger partial charge in [0.1, 0.15) is 5.01 Å². The van der Waals surface area contributed by atoms with Crippen molar-refractivity contribution in [1.82, 2.24) is 9.88 Å². The van der Waals surface area contributed by atoms with Gasteiger partial charge in [-0.2, -0.15) is 11.3 Å². The number of thiazole rings is 1. The van der Waals surface area contributed by atoms with Crippen LogP contribution in [0.4, 0.5) is 0 Å². The topological polar surface area (TPSA) is 16.1 Å². The van der Waals surface area contributed by atoms with Crippen molar-refractivity contribution in [3.8, 4) is 10.6 Å². The Morgan fingerprint density at radius 1 is 1.20 bits per heavy atom. The van der Waals surface area contributed by atoms with Gasteiger partial charge in [-0.1, -0.05) is 0 Å². The van der Waals surface area contributed by atoms with Crippen LogP contribution in [0.5, 0.6) is 0 Å². The predicted molar refractivity (Wildman–Crippen MR) is 92.6 cm³/mol. The van der Waals surface area contributed by atoms with Crippen molar-refractivity contribution < 1.29 is 0 Å². The van der Waals surface area contributed by atoms with Gasteiger partial charge in [0.2, 0.25) is 0 Å². The first-order valence-corrected chi connectivity index (χ1v) is 9.53. The molecule has 0 bridgehead atoms. The Labute approximate surface area is 138 Å². The summed E-state index contributed by atoms with van der Waals surface area (Å²) in [6.07, 6.45) is 0. The Hall–Kier alpha value is -0.530. The zero-order valence-electron chi connectivity index (χ0n) is 10.9. The highest BCUT2D eigenvalue weighted by Gasteiger charge is 2.08. The molecule has 20 heavy (non-hydrogen) atoms. The molecule has 0 atom stereocenters. The van der Waals surface area contributed by atoms with E-state index in [1.807, 2.05) is 0 Å². The summed E-state index contributed by atoms with van der Waals surface area (Å²) < 4.78 is 1.19. The minimum Gasteiger partial charge on any atom is -0.295 e. The third-order valence-electron chi connectivity index (χ3n) is 2.81. The average Bonchev–Trinajstić information content (AvgIpc) is 3.10. The number of hydrogen-bond acceptors (Lipinski definition) is 5.